The molecule has 3 rings (SSSR count). The van der Waals surface area contributed by atoms with Gasteiger partial charge in [-0.25, -0.2) is 8.42 Å². The van der Waals surface area contributed by atoms with Crippen molar-refractivity contribution in [3.8, 4) is 0 Å². The molecule has 6 nitrogen and oxygen atoms in total. The Morgan fingerprint density at radius 3 is 2.45 bits per heavy atom. The minimum atomic E-state index is -4.15. The van der Waals surface area contributed by atoms with Gasteiger partial charge in [-0.1, -0.05) is 60.5 Å². The summed E-state index contributed by atoms with van der Waals surface area (Å²) in [6.07, 6.45) is 2.67. The third kappa shape index (κ3) is 6.13. The molecule has 1 unspecified atom stereocenters. The fraction of sp³-hybridized carbons (Fsp3) is 0.409. The van der Waals surface area contributed by atoms with Crippen molar-refractivity contribution >= 4 is 44.8 Å². The molecular formula is C22H27Cl2N3O3S. The number of halogens is 2. The Bertz CT molecular complexity index is 1000. The molecule has 1 heterocycles. The van der Waals surface area contributed by atoms with Crippen molar-refractivity contribution in [2.24, 2.45) is 5.92 Å². The van der Waals surface area contributed by atoms with Crippen LogP contribution < -0.4 is 10.5 Å². The number of amides is 1. The number of nitrogen functional groups attached to an aromatic ring is 1. The molecule has 2 aromatic carbocycles. The molecule has 2 aromatic rings. The first-order chi connectivity index (χ1) is 14.7. The number of piperidine rings is 1. The standard InChI is InChI=1S/C22H27Cl2N3O3S/c1-15-9-11-27(12-10-15)22(28)20(8-7-16-5-3-2-4-6-16)26-31(29,30)21-18(24)13-17(23)14-19(21)25/h2-6,13-15,20,26H,7-12,25H2,1H3. The minimum Gasteiger partial charge on any atom is -0.398 e. The molecule has 168 valence electrons. The van der Waals surface area contributed by atoms with Crippen LogP contribution in [0.25, 0.3) is 0 Å². The van der Waals surface area contributed by atoms with Gasteiger partial charge < -0.3 is 10.6 Å². The maximum atomic E-state index is 13.3. The lowest BCUT2D eigenvalue weighted by Gasteiger charge is -2.33. The Balaban J connectivity index is 1.85. The van der Waals surface area contributed by atoms with Crippen LogP contribution in [0.1, 0.15) is 31.7 Å². The number of likely N-dealkylation sites (tertiary alicyclic amines) is 1. The lowest BCUT2D eigenvalue weighted by molar-refractivity contribution is -0.134. The van der Waals surface area contributed by atoms with Gasteiger partial charge in [-0.3, -0.25) is 4.79 Å². The Morgan fingerprint density at radius 2 is 1.84 bits per heavy atom. The van der Waals surface area contributed by atoms with Crippen LogP contribution in [0.2, 0.25) is 10.0 Å². The van der Waals surface area contributed by atoms with Crippen molar-refractivity contribution in [3.05, 3.63) is 58.1 Å². The Morgan fingerprint density at radius 1 is 1.19 bits per heavy atom. The van der Waals surface area contributed by atoms with Gasteiger partial charge in [-0.05, 0) is 49.3 Å². The smallest absolute Gasteiger partial charge is 0.244 e. The zero-order valence-electron chi connectivity index (χ0n) is 17.4. The van der Waals surface area contributed by atoms with E-state index in [0.717, 1.165) is 18.4 Å². The molecule has 0 radical (unpaired) electrons. The van der Waals surface area contributed by atoms with E-state index in [0.29, 0.717) is 31.8 Å². The van der Waals surface area contributed by atoms with Crippen molar-refractivity contribution < 1.29 is 13.2 Å². The number of sulfonamides is 1. The fourth-order valence-electron chi connectivity index (χ4n) is 3.75. The first-order valence-electron chi connectivity index (χ1n) is 10.3. The first-order valence-corrected chi connectivity index (χ1v) is 12.5. The fourth-order valence-corrected chi connectivity index (χ4v) is 5.96. The normalized spacial score (nSPS) is 16.3. The van der Waals surface area contributed by atoms with Gasteiger partial charge in [0, 0.05) is 18.1 Å². The molecule has 1 fully saturated rings. The number of nitrogens with one attached hydrogen (secondary N) is 1. The van der Waals surface area contributed by atoms with Crippen molar-refractivity contribution in [2.75, 3.05) is 18.8 Å². The van der Waals surface area contributed by atoms with Gasteiger partial charge in [0.15, 0.2) is 0 Å². The van der Waals surface area contributed by atoms with Gasteiger partial charge in [0.05, 0.1) is 10.7 Å². The SMILES string of the molecule is CC1CCN(C(=O)C(CCc2ccccc2)NS(=O)(=O)c2c(N)cc(Cl)cc2Cl)CC1. The van der Waals surface area contributed by atoms with E-state index in [1.54, 1.807) is 4.90 Å². The highest BCUT2D eigenvalue weighted by atomic mass is 35.5. The highest BCUT2D eigenvalue weighted by molar-refractivity contribution is 7.89. The van der Waals surface area contributed by atoms with Crippen LogP contribution in [0.15, 0.2) is 47.4 Å². The van der Waals surface area contributed by atoms with Gasteiger partial charge in [0.25, 0.3) is 0 Å². The van der Waals surface area contributed by atoms with Crippen LogP contribution in [0.4, 0.5) is 5.69 Å². The second kappa shape index (κ2) is 10.2. The summed E-state index contributed by atoms with van der Waals surface area (Å²) >= 11 is 12.1. The average Bonchev–Trinajstić information content (AvgIpc) is 2.71. The largest absolute Gasteiger partial charge is 0.398 e. The Kier molecular flexibility index (Phi) is 7.86. The van der Waals surface area contributed by atoms with Crippen molar-refractivity contribution in [1.82, 2.24) is 9.62 Å². The molecule has 1 aliphatic rings. The predicted molar refractivity (Wildman–Crippen MR) is 125 cm³/mol. The molecule has 0 spiro atoms. The molecule has 0 bridgehead atoms. The lowest BCUT2D eigenvalue weighted by atomic mass is 9.98. The summed E-state index contributed by atoms with van der Waals surface area (Å²) in [4.78, 5) is 14.8. The number of benzene rings is 2. The van der Waals surface area contributed by atoms with Crippen molar-refractivity contribution in [2.45, 2.75) is 43.5 Å². The molecule has 0 saturated carbocycles. The van der Waals surface area contributed by atoms with E-state index in [9.17, 15) is 13.2 Å². The van der Waals surface area contributed by atoms with E-state index in [2.05, 4.69) is 11.6 Å². The third-order valence-electron chi connectivity index (χ3n) is 5.56. The summed E-state index contributed by atoms with van der Waals surface area (Å²) < 4.78 is 28.9. The minimum absolute atomic E-state index is 0.0638. The van der Waals surface area contributed by atoms with Gasteiger partial charge in [0.1, 0.15) is 10.9 Å². The van der Waals surface area contributed by atoms with Crippen LogP contribution in [0.3, 0.4) is 0 Å². The highest BCUT2D eigenvalue weighted by Crippen LogP contribution is 2.31. The topological polar surface area (TPSA) is 92.5 Å². The number of rotatable bonds is 7. The maximum Gasteiger partial charge on any atom is 0.244 e. The van der Waals surface area contributed by atoms with Crippen LogP contribution in [0.5, 0.6) is 0 Å². The van der Waals surface area contributed by atoms with E-state index in [1.807, 2.05) is 30.3 Å². The van der Waals surface area contributed by atoms with Gasteiger partial charge >= 0.3 is 0 Å². The second-order valence-electron chi connectivity index (χ2n) is 8.01. The quantitative estimate of drug-likeness (QED) is 0.579. The maximum absolute atomic E-state index is 13.3. The molecule has 0 aliphatic carbocycles. The molecule has 0 aromatic heterocycles. The molecule has 31 heavy (non-hydrogen) atoms. The van der Waals surface area contributed by atoms with E-state index in [-0.39, 0.29) is 26.5 Å². The zero-order valence-corrected chi connectivity index (χ0v) is 19.7. The third-order valence-corrected chi connectivity index (χ3v) is 7.78. The van der Waals surface area contributed by atoms with Crippen LogP contribution in [-0.4, -0.2) is 38.4 Å². The number of nitrogens with two attached hydrogens (primary N) is 1. The molecule has 9 heteroatoms. The van der Waals surface area contributed by atoms with Crippen LogP contribution in [0, 0.1) is 5.92 Å². The number of anilines is 1. The number of hydrogen-bond acceptors (Lipinski definition) is 4. The summed E-state index contributed by atoms with van der Waals surface area (Å²) in [6.45, 7) is 3.39. The highest BCUT2D eigenvalue weighted by Gasteiger charge is 2.32. The molecular weight excluding hydrogens is 457 g/mol. The number of nitrogens with zero attached hydrogens (tertiary/aromatic N) is 1. The second-order valence-corrected chi connectivity index (χ2v) is 10.5. The summed E-state index contributed by atoms with van der Waals surface area (Å²) in [7, 11) is -4.15. The van der Waals surface area contributed by atoms with Gasteiger partial charge in [-0.15, -0.1) is 0 Å². The summed E-state index contributed by atoms with van der Waals surface area (Å²) in [5, 5.41) is 0.152. The van der Waals surface area contributed by atoms with E-state index < -0.39 is 16.1 Å². The van der Waals surface area contributed by atoms with Gasteiger partial charge in [0.2, 0.25) is 15.9 Å². The monoisotopic (exact) mass is 483 g/mol. The van der Waals surface area contributed by atoms with Crippen molar-refractivity contribution in [3.63, 3.8) is 0 Å². The van der Waals surface area contributed by atoms with Gasteiger partial charge in [-0.2, -0.15) is 4.72 Å². The molecule has 1 atom stereocenters. The lowest BCUT2D eigenvalue weighted by Crippen LogP contribution is -2.50. The van der Waals surface area contributed by atoms with E-state index in [1.165, 1.54) is 12.1 Å². The van der Waals surface area contributed by atoms with E-state index >= 15 is 0 Å². The molecule has 3 N–H and O–H groups in total. The average molecular weight is 484 g/mol. The summed E-state index contributed by atoms with van der Waals surface area (Å²) in [5.74, 6) is 0.325. The summed E-state index contributed by atoms with van der Waals surface area (Å²) in [5.41, 5.74) is 6.86. The van der Waals surface area contributed by atoms with Crippen LogP contribution >= 0.6 is 23.2 Å². The molecule has 1 aliphatic heterocycles. The number of carbonyl (C=O) groups is 1. The van der Waals surface area contributed by atoms with Crippen LogP contribution in [-0.2, 0) is 21.2 Å². The van der Waals surface area contributed by atoms with E-state index in [4.69, 9.17) is 28.9 Å². The first kappa shape index (κ1) is 23.9. The number of aryl methyl sites for hydroxylation is 1. The Hall–Kier alpha value is -1.80. The summed E-state index contributed by atoms with van der Waals surface area (Å²) in [6, 6.07) is 11.4. The van der Waals surface area contributed by atoms with Crippen molar-refractivity contribution in [1.29, 1.82) is 0 Å². The number of hydrogen-bond donors (Lipinski definition) is 2. The number of carbonyl (C=O) groups excluding carboxylic acids is 1. The molecule has 1 saturated heterocycles. The predicted octanol–water partition coefficient (Wildman–Crippen LogP) is 4.11. The Labute approximate surface area is 193 Å². The molecule has 1 amide bonds. The zero-order chi connectivity index (χ0) is 22.6.